The van der Waals surface area contributed by atoms with E-state index < -0.39 is 0 Å². The summed E-state index contributed by atoms with van der Waals surface area (Å²) < 4.78 is 6.75. The van der Waals surface area contributed by atoms with Crippen LogP contribution in [0.1, 0.15) is 76.0 Å². The highest BCUT2D eigenvalue weighted by atomic mass is 79.9. The van der Waals surface area contributed by atoms with Crippen molar-refractivity contribution in [3.05, 3.63) is 90.3 Å². The maximum absolute atomic E-state index is 2.25. The van der Waals surface area contributed by atoms with Crippen LogP contribution >= 0.6 is 0 Å². The van der Waals surface area contributed by atoms with Gasteiger partial charge in [0, 0.05) is 54.2 Å². The molecule has 204 valence electrons. The third-order valence-corrected chi connectivity index (χ3v) is 5.33. The van der Waals surface area contributed by atoms with Crippen molar-refractivity contribution in [1.82, 2.24) is 0 Å². The van der Waals surface area contributed by atoms with Gasteiger partial charge in [-0.05, 0) is 39.0 Å². The zero-order valence-corrected chi connectivity index (χ0v) is 28.0. The lowest BCUT2D eigenvalue weighted by atomic mass is 10.3. The zero-order chi connectivity index (χ0) is 24.3. The van der Waals surface area contributed by atoms with E-state index >= 15 is 0 Å². The van der Waals surface area contributed by atoms with Crippen LogP contribution in [0.4, 0.5) is 0 Å². The number of aromatic nitrogens is 3. The average Bonchev–Trinajstić information content (AvgIpc) is 2.81. The van der Waals surface area contributed by atoms with E-state index in [1.54, 1.807) is 0 Å². The van der Waals surface area contributed by atoms with Crippen LogP contribution in [-0.2, 0) is 19.6 Å². The smallest absolute Gasteiger partial charge is 0.171 e. The largest absolute Gasteiger partial charge is 1.00 e. The molecule has 0 aliphatic carbocycles. The highest BCUT2D eigenvalue weighted by Gasteiger charge is 1.98. The highest BCUT2D eigenvalue weighted by Crippen LogP contribution is 1.93. The molecule has 3 aromatic rings. The second kappa shape index (κ2) is 25.5. The fraction of sp³-hybridized carbons (Fsp3) is 0.500. The fourth-order valence-electron chi connectivity index (χ4n) is 3.40. The summed E-state index contributed by atoms with van der Waals surface area (Å²) in [6.45, 7) is 16.5. The molecule has 0 unspecified atom stereocenters. The minimum absolute atomic E-state index is 0. The molecule has 0 N–H and O–H groups in total. The van der Waals surface area contributed by atoms with Gasteiger partial charge in [-0.25, -0.2) is 13.7 Å². The molecule has 3 heterocycles. The molecule has 0 saturated carbocycles. The average molecular weight is 690 g/mol. The summed E-state index contributed by atoms with van der Waals surface area (Å²) >= 11 is 0. The van der Waals surface area contributed by atoms with Gasteiger partial charge >= 0.3 is 0 Å². The van der Waals surface area contributed by atoms with Crippen molar-refractivity contribution in [2.24, 2.45) is 0 Å². The Balaban J connectivity index is -0.000000436. The fourth-order valence-corrected chi connectivity index (χ4v) is 3.40. The van der Waals surface area contributed by atoms with Crippen LogP contribution in [0.3, 0.4) is 0 Å². The summed E-state index contributed by atoms with van der Waals surface area (Å²) in [6.07, 6.45) is 20.6. The number of unbranched alkanes of at least 4 members (excludes halogenated alkanes) is 3. The van der Waals surface area contributed by atoms with Crippen LogP contribution in [0.2, 0.25) is 0 Å². The van der Waals surface area contributed by atoms with Gasteiger partial charge in [-0.3, -0.25) is 0 Å². The van der Waals surface area contributed by atoms with Gasteiger partial charge < -0.3 is 50.9 Å². The third-order valence-electron chi connectivity index (χ3n) is 5.33. The predicted octanol–water partition coefficient (Wildman–Crippen LogP) is -2.74. The number of hydrogen-bond acceptors (Lipinski definition) is 0. The third kappa shape index (κ3) is 20.0. The van der Waals surface area contributed by atoms with Gasteiger partial charge in [-0.1, -0.05) is 40.0 Å². The number of aryl methyl sites for hydroxylation is 6. The molecule has 0 saturated heterocycles. The molecule has 3 aromatic heterocycles. The molecule has 3 nitrogen and oxygen atoms in total. The van der Waals surface area contributed by atoms with Gasteiger partial charge in [0.15, 0.2) is 37.2 Å². The Morgan fingerprint density at radius 1 is 0.472 bits per heavy atom. The minimum Gasteiger partial charge on any atom is -1.00 e. The summed E-state index contributed by atoms with van der Waals surface area (Å²) in [7, 11) is 0. The quantitative estimate of drug-likeness (QED) is 0.217. The normalized spacial score (nSPS) is 9.17. The molecule has 0 aliphatic heterocycles. The van der Waals surface area contributed by atoms with E-state index in [9.17, 15) is 0 Å². The minimum atomic E-state index is 0. The first kappa shape index (κ1) is 39.4. The topological polar surface area (TPSA) is 11.6 Å². The molecule has 36 heavy (non-hydrogen) atoms. The molecule has 0 radical (unpaired) electrons. The van der Waals surface area contributed by atoms with Gasteiger partial charge in [0.25, 0.3) is 0 Å². The standard InChI is InChI=1S/3C10H16N.3BrH/c3*1-3-4-7-11-8-5-6-10(2)9-11;;;/h3*5-6,8-9H,3-4,7H2,1-2H3;3*1H/q3*+1;;;/p-3. The lowest BCUT2D eigenvalue weighted by Gasteiger charge is -1.94. The Hall–Kier alpha value is -1.11. The second-order valence-electron chi connectivity index (χ2n) is 8.92. The first-order valence-corrected chi connectivity index (χ1v) is 12.9. The lowest BCUT2D eigenvalue weighted by molar-refractivity contribution is -0.697. The number of nitrogens with zero attached hydrogens (tertiary/aromatic N) is 3. The number of rotatable bonds is 9. The SMILES string of the molecule is CCCC[n+]1cccc(C)c1.CCCC[n+]1cccc(C)c1.CCCC[n+]1cccc(C)c1.[Br-].[Br-].[Br-]. The maximum atomic E-state index is 2.25. The van der Waals surface area contributed by atoms with Crippen molar-refractivity contribution in [3.8, 4) is 0 Å². The van der Waals surface area contributed by atoms with Crippen LogP contribution in [0.15, 0.2) is 73.6 Å². The van der Waals surface area contributed by atoms with E-state index in [-0.39, 0.29) is 50.9 Å². The maximum Gasteiger partial charge on any atom is 0.171 e. The van der Waals surface area contributed by atoms with Crippen molar-refractivity contribution >= 4 is 0 Å². The Morgan fingerprint density at radius 3 is 0.917 bits per heavy atom. The summed E-state index contributed by atoms with van der Waals surface area (Å²) in [6, 6.07) is 12.7. The van der Waals surface area contributed by atoms with Crippen molar-refractivity contribution in [2.45, 2.75) is 99.7 Å². The zero-order valence-electron chi connectivity index (χ0n) is 23.3. The van der Waals surface area contributed by atoms with Gasteiger partial charge in [-0.15, -0.1) is 0 Å². The van der Waals surface area contributed by atoms with Gasteiger partial charge in [0.2, 0.25) is 0 Å². The summed E-state index contributed by atoms with van der Waals surface area (Å²) in [4.78, 5) is 0. The number of halogens is 3. The lowest BCUT2D eigenvalue weighted by Crippen LogP contribution is -3.00. The van der Waals surface area contributed by atoms with E-state index in [1.165, 1.54) is 55.2 Å². The molecule has 0 atom stereocenters. The molecule has 0 aliphatic rings. The van der Waals surface area contributed by atoms with Crippen LogP contribution < -0.4 is 64.6 Å². The van der Waals surface area contributed by atoms with Crippen molar-refractivity contribution in [1.29, 1.82) is 0 Å². The van der Waals surface area contributed by atoms with Crippen molar-refractivity contribution < 1.29 is 64.6 Å². The van der Waals surface area contributed by atoms with Crippen LogP contribution in [0, 0.1) is 20.8 Å². The first-order chi connectivity index (χ1) is 16.0. The molecule has 0 spiro atoms. The molecule has 0 aromatic carbocycles. The predicted molar refractivity (Wildman–Crippen MR) is 139 cm³/mol. The van der Waals surface area contributed by atoms with Gasteiger partial charge in [0.1, 0.15) is 19.6 Å². The van der Waals surface area contributed by atoms with E-state index in [1.807, 2.05) is 0 Å². The van der Waals surface area contributed by atoms with E-state index in [0.717, 1.165) is 19.6 Å². The second-order valence-corrected chi connectivity index (χ2v) is 8.92. The monoisotopic (exact) mass is 687 g/mol. The molecular weight excluding hydrogens is 642 g/mol. The molecule has 0 bridgehead atoms. The number of pyridine rings is 3. The molecule has 3 rings (SSSR count). The summed E-state index contributed by atoms with van der Waals surface area (Å²) in [5.74, 6) is 0. The van der Waals surface area contributed by atoms with Crippen LogP contribution in [0.25, 0.3) is 0 Å². The Bertz CT molecular complexity index is 786. The highest BCUT2D eigenvalue weighted by molar-refractivity contribution is 5.02. The molecular formula is C30H48Br3N3. The van der Waals surface area contributed by atoms with Gasteiger partial charge in [0.05, 0.1) is 0 Å². The van der Waals surface area contributed by atoms with Crippen LogP contribution in [0.5, 0.6) is 0 Å². The molecule has 0 fully saturated rings. The summed E-state index contributed by atoms with van der Waals surface area (Å²) in [5, 5.41) is 0. The number of hydrogen-bond donors (Lipinski definition) is 0. The van der Waals surface area contributed by atoms with E-state index in [2.05, 4.69) is 129 Å². The molecule has 6 heteroatoms. The first-order valence-electron chi connectivity index (χ1n) is 12.9. The summed E-state index contributed by atoms with van der Waals surface area (Å²) in [5.41, 5.74) is 4.01. The van der Waals surface area contributed by atoms with E-state index in [4.69, 9.17) is 0 Å². The van der Waals surface area contributed by atoms with E-state index in [0.29, 0.717) is 0 Å². The van der Waals surface area contributed by atoms with Crippen LogP contribution in [-0.4, -0.2) is 0 Å². The van der Waals surface area contributed by atoms with Crippen molar-refractivity contribution in [3.63, 3.8) is 0 Å². The van der Waals surface area contributed by atoms with Crippen molar-refractivity contribution in [2.75, 3.05) is 0 Å². The Kier molecular flexibility index (Phi) is 28.0. The Morgan fingerprint density at radius 2 is 0.722 bits per heavy atom. The Labute approximate surface area is 253 Å². The molecule has 0 amide bonds. The van der Waals surface area contributed by atoms with Gasteiger partial charge in [-0.2, -0.15) is 0 Å².